The third-order valence-corrected chi connectivity index (χ3v) is 6.85. The fourth-order valence-corrected chi connectivity index (χ4v) is 4.74. The first kappa shape index (κ1) is 25.0. The van der Waals surface area contributed by atoms with E-state index in [1.54, 1.807) is 26.2 Å². The first-order chi connectivity index (χ1) is 17.5. The number of benzene rings is 1. The van der Waals surface area contributed by atoms with Crippen molar-refractivity contribution in [2.24, 2.45) is 7.05 Å². The number of rotatable bonds is 3. The van der Waals surface area contributed by atoms with Crippen molar-refractivity contribution in [3.8, 4) is 11.3 Å². The molecule has 0 saturated carbocycles. The van der Waals surface area contributed by atoms with Gasteiger partial charge >= 0.3 is 6.18 Å². The van der Waals surface area contributed by atoms with E-state index in [0.717, 1.165) is 23.4 Å². The van der Waals surface area contributed by atoms with Gasteiger partial charge in [0.2, 0.25) is 0 Å². The maximum Gasteiger partial charge on any atom is 0.416 e. The molecule has 4 heterocycles. The van der Waals surface area contributed by atoms with E-state index in [2.05, 4.69) is 9.97 Å². The molecule has 0 bridgehead atoms. The van der Waals surface area contributed by atoms with E-state index in [1.807, 2.05) is 19.1 Å². The van der Waals surface area contributed by atoms with Crippen molar-refractivity contribution in [3.63, 3.8) is 0 Å². The molecule has 1 fully saturated rings. The van der Waals surface area contributed by atoms with E-state index < -0.39 is 17.6 Å². The van der Waals surface area contributed by atoms with Crippen LogP contribution < -0.4 is 5.56 Å². The van der Waals surface area contributed by atoms with Gasteiger partial charge in [-0.15, -0.1) is 0 Å². The zero-order chi connectivity index (χ0) is 26.5. The molecule has 0 radical (unpaired) electrons. The highest BCUT2D eigenvalue weighted by molar-refractivity contribution is 5.91. The molecular weight excluding hydrogens is 488 g/mol. The molecule has 2 atom stereocenters. The zero-order valence-corrected chi connectivity index (χ0v) is 20.4. The Bertz CT molecular complexity index is 1570. The van der Waals surface area contributed by atoms with Crippen LogP contribution in [-0.2, 0) is 18.0 Å². The van der Waals surface area contributed by atoms with Crippen LogP contribution in [0, 0.1) is 19.7 Å². The minimum absolute atomic E-state index is 0.0438. The highest BCUT2D eigenvalue weighted by Gasteiger charge is 2.32. The van der Waals surface area contributed by atoms with Crippen molar-refractivity contribution in [1.82, 2.24) is 19.5 Å². The first-order valence-electron chi connectivity index (χ1n) is 11.8. The van der Waals surface area contributed by atoms with E-state index in [1.165, 1.54) is 4.57 Å². The molecule has 5 rings (SSSR count). The highest BCUT2D eigenvalue weighted by atomic mass is 19.4. The molecule has 192 valence electrons. The van der Waals surface area contributed by atoms with Crippen LogP contribution in [0.2, 0.25) is 0 Å². The third kappa shape index (κ3) is 4.73. The van der Waals surface area contributed by atoms with Gasteiger partial charge in [-0.25, -0.2) is 9.37 Å². The Morgan fingerprint density at radius 3 is 2.57 bits per heavy atom. The van der Waals surface area contributed by atoms with E-state index in [0.29, 0.717) is 37.0 Å². The number of aryl methyl sites for hydroxylation is 2. The Balaban J connectivity index is 1.66. The third-order valence-electron chi connectivity index (χ3n) is 6.85. The van der Waals surface area contributed by atoms with Gasteiger partial charge in [-0.05, 0) is 68.7 Å². The van der Waals surface area contributed by atoms with Gasteiger partial charge in [0.25, 0.3) is 5.56 Å². The monoisotopic (exact) mass is 512 g/mol. The number of aromatic nitrogens is 4. The number of pyridine rings is 2. The summed E-state index contributed by atoms with van der Waals surface area (Å²) in [7, 11) is 1.58. The van der Waals surface area contributed by atoms with Crippen molar-refractivity contribution in [1.29, 1.82) is 0 Å². The molecule has 1 saturated heterocycles. The Labute approximate surface area is 210 Å². The Hall–Kier alpha value is -3.66. The fraction of sp³-hybridized carbons (Fsp3) is 0.333. The van der Waals surface area contributed by atoms with Gasteiger partial charge in [0.05, 0.1) is 22.7 Å². The second-order valence-electron chi connectivity index (χ2n) is 9.32. The van der Waals surface area contributed by atoms with Gasteiger partial charge in [-0.2, -0.15) is 13.2 Å². The van der Waals surface area contributed by atoms with Crippen LogP contribution in [0.25, 0.3) is 22.2 Å². The van der Waals surface area contributed by atoms with E-state index >= 15 is 4.39 Å². The Morgan fingerprint density at radius 2 is 1.86 bits per heavy atom. The van der Waals surface area contributed by atoms with Gasteiger partial charge in [0.15, 0.2) is 0 Å². The molecule has 3 aromatic heterocycles. The quantitative estimate of drug-likeness (QED) is 0.325. The summed E-state index contributed by atoms with van der Waals surface area (Å²) in [5, 5.41) is 0.232. The average molecular weight is 513 g/mol. The van der Waals surface area contributed by atoms with Crippen LogP contribution in [0.1, 0.15) is 53.2 Å². The molecule has 1 aliphatic rings. The van der Waals surface area contributed by atoms with Gasteiger partial charge in [-0.1, -0.05) is 0 Å². The van der Waals surface area contributed by atoms with Gasteiger partial charge in [0, 0.05) is 42.7 Å². The summed E-state index contributed by atoms with van der Waals surface area (Å²) in [4.78, 5) is 26.6. The molecule has 0 spiro atoms. The summed E-state index contributed by atoms with van der Waals surface area (Å²) in [5.41, 5.74) is 0.982. The lowest BCUT2D eigenvalue weighted by Crippen LogP contribution is -2.23. The number of nitrogens with zero attached hydrogens (tertiary/aromatic N) is 4. The highest BCUT2D eigenvalue weighted by Crippen LogP contribution is 2.39. The summed E-state index contributed by atoms with van der Waals surface area (Å²) in [5.74, 6) is -0.836. The summed E-state index contributed by atoms with van der Waals surface area (Å²) in [6.07, 6.45) is -2.01. The standard InChI is InChI=1S/C27H24F4N4O2/c1-14-10-17(6-8-32-14)23-11-16(7-9-37-23)22-13-20-25(33-15(2)35(3)26(20)36)24(34-22)19-5-4-18(12-21(19)28)27(29,30)31/h4-6,8,10,12-13,16,23H,7,9,11H2,1-3H3/t16-,23+/m1/s1. The topological polar surface area (TPSA) is 69.9 Å². The van der Waals surface area contributed by atoms with Crippen LogP contribution in [0.3, 0.4) is 0 Å². The molecular formula is C27H24F4N4O2. The largest absolute Gasteiger partial charge is 0.416 e. The SMILES string of the molecule is Cc1cc([C@@H]2C[C@H](c3cc4c(=O)n(C)c(C)nc4c(-c4ccc(C(F)(F)F)cc4F)n3)CCO2)ccn1. The maximum atomic E-state index is 15.1. The van der Waals surface area contributed by atoms with Crippen LogP contribution in [-0.4, -0.2) is 26.1 Å². The van der Waals surface area contributed by atoms with Crippen LogP contribution in [0.5, 0.6) is 0 Å². The van der Waals surface area contributed by atoms with E-state index in [-0.39, 0.29) is 39.7 Å². The summed E-state index contributed by atoms with van der Waals surface area (Å²) < 4.78 is 61.9. The lowest BCUT2D eigenvalue weighted by Gasteiger charge is -2.30. The second-order valence-corrected chi connectivity index (χ2v) is 9.32. The first-order valence-corrected chi connectivity index (χ1v) is 11.8. The number of hydrogen-bond acceptors (Lipinski definition) is 5. The lowest BCUT2D eigenvalue weighted by molar-refractivity contribution is -0.137. The van der Waals surface area contributed by atoms with Gasteiger partial charge in [-0.3, -0.25) is 19.3 Å². The molecule has 0 N–H and O–H groups in total. The van der Waals surface area contributed by atoms with Crippen molar-refractivity contribution in [2.75, 3.05) is 6.61 Å². The molecule has 0 amide bonds. The molecule has 37 heavy (non-hydrogen) atoms. The van der Waals surface area contributed by atoms with Gasteiger partial charge < -0.3 is 4.74 Å². The number of fused-ring (bicyclic) bond motifs is 1. The van der Waals surface area contributed by atoms with Gasteiger partial charge in [0.1, 0.15) is 17.2 Å². The summed E-state index contributed by atoms with van der Waals surface area (Å²) >= 11 is 0. The fourth-order valence-electron chi connectivity index (χ4n) is 4.74. The molecule has 4 aromatic rings. The van der Waals surface area contributed by atoms with Crippen molar-refractivity contribution in [2.45, 2.75) is 44.9 Å². The van der Waals surface area contributed by atoms with Crippen LogP contribution >= 0.6 is 0 Å². The molecule has 10 heteroatoms. The van der Waals surface area contributed by atoms with Crippen molar-refractivity contribution in [3.05, 3.63) is 87.1 Å². The van der Waals surface area contributed by atoms with Crippen LogP contribution in [0.4, 0.5) is 17.6 Å². The molecule has 6 nitrogen and oxygen atoms in total. The number of ether oxygens (including phenoxy) is 1. The molecule has 1 aliphatic heterocycles. The predicted octanol–water partition coefficient (Wildman–Crippen LogP) is 5.80. The predicted molar refractivity (Wildman–Crippen MR) is 130 cm³/mol. The molecule has 0 aliphatic carbocycles. The van der Waals surface area contributed by atoms with Crippen molar-refractivity contribution >= 4 is 10.9 Å². The lowest BCUT2D eigenvalue weighted by atomic mass is 9.88. The minimum Gasteiger partial charge on any atom is -0.373 e. The summed E-state index contributed by atoms with van der Waals surface area (Å²) in [6, 6.07) is 7.80. The normalized spacial score (nSPS) is 18.4. The zero-order valence-electron chi connectivity index (χ0n) is 20.4. The average Bonchev–Trinajstić information content (AvgIpc) is 2.86. The smallest absolute Gasteiger partial charge is 0.373 e. The molecule has 1 aromatic carbocycles. The second kappa shape index (κ2) is 9.33. The Morgan fingerprint density at radius 1 is 1.08 bits per heavy atom. The van der Waals surface area contributed by atoms with E-state index in [9.17, 15) is 18.0 Å². The van der Waals surface area contributed by atoms with Crippen molar-refractivity contribution < 1.29 is 22.3 Å². The Kier molecular flexibility index (Phi) is 6.31. The molecule has 0 unspecified atom stereocenters. The summed E-state index contributed by atoms with van der Waals surface area (Å²) in [6.45, 7) is 3.97. The van der Waals surface area contributed by atoms with Crippen LogP contribution in [0.15, 0.2) is 47.4 Å². The number of alkyl halides is 3. The minimum atomic E-state index is -4.69. The maximum absolute atomic E-state index is 15.1. The number of halogens is 4. The number of hydrogen-bond donors (Lipinski definition) is 0. The van der Waals surface area contributed by atoms with E-state index in [4.69, 9.17) is 9.72 Å².